The van der Waals surface area contributed by atoms with Crippen LogP contribution in [0, 0.1) is 0 Å². The molecule has 13 heavy (non-hydrogen) atoms. The molecule has 0 aliphatic carbocycles. The third kappa shape index (κ3) is 3.29. The van der Waals surface area contributed by atoms with E-state index in [1.165, 1.54) is 0 Å². The molecular formula is C10H12BrClO. The Morgan fingerprint density at radius 3 is 2.77 bits per heavy atom. The first kappa shape index (κ1) is 11.0. The van der Waals surface area contributed by atoms with Gasteiger partial charge >= 0.3 is 0 Å². The summed E-state index contributed by atoms with van der Waals surface area (Å²) in [6.45, 7) is 2.03. The second-order valence-electron chi connectivity index (χ2n) is 2.99. The summed E-state index contributed by atoms with van der Waals surface area (Å²) in [6.07, 6.45) is 1.06. The highest BCUT2D eigenvalue weighted by Gasteiger charge is 2.05. The molecule has 0 amide bonds. The van der Waals surface area contributed by atoms with Crippen LogP contribution in [0.15, 0.2) is 22.7 Å². The van der Waals surface area contributed by atoms with Crippen LogP contribution < -0.4 is 0 Å². The predicted molar refractivity (Wildman–Crippen MR) is 59.3 cm³/mol. The van der Waals surface area contributed by atoms with Gasteiger partial charge in [0.15, 0.2) is 0 Å². The highest BCUT2D eigenvalue weighted by molar-refractivity contribution is 9.10. The first-order valence-electron chi connectivity index (χ1n) is 4.10. The van der Waals surface area contributed by atoms with E-state index in [1.54, 1.807) is 7.11 Å². The van der Waals surface area contributed by atoms with Gasteiger partial charge in [0.1, 0.15) is 0 Å². The van der Waals surface area contributed by atoms with E-state index in [9.17, 15) is 0 Å². The van der Waals surface area contributed by atoms with E-state index in [0.717, 1.165) is 21.5 Å². The number of halogens is 2. The Morgan fingerprint density at radius 2 is 2.23 bits per heavy atom. The summed E-state index contributed by atoms with van der Waals surface area (Å²) in [4.78, 5) is 0. The van der Waals surface area contributed by atoms with Crippen LogP contribution in [0.4, 0.5) is 0 Å². The molecule has 0 radical (unpaired) electrons. The fraction of sp³-hybridized carbons (Fsp3) is 0.400. The van der Waals surface area contributed by atoms with Crippen molar-refractivity contribution in [3.63, 3.8) is 0 Å². The van der Waals surface area contributed by atoms with Gasteiger partial charge < -0.3 is 4.74 Å². The van der Waals surface area contributed by atoms with Crippen LogP contribution in [-0.4, -0.2) is 13.2 Å². The van der Waals surface area contributed by atoms with Crippen LogP contribution in [0.1, 0.15) is 12.5 Å². The standard InChI is InChI=1S/C10H12BrClO/c1-7(13-2)5-8-3-4-9(11)6-10(8)12/h3-4,6-7H,5H2,1-2H3. The highest BCUT2D eigenvalue weighted by atomic mass is 79.9. The van der Waals surface area contributed by atoms with Crippen LogP contribution in [0.25, 0.3) is 0 Å². The summed E-state index contributed by atoms with van der Waals surface area (Å²) in [6, 6.07) is 5.91. The van der Waals surface area contributed by atoms with Crippen molar-refractivity contribution >= 4 is 27.5 Å². The maximum absolute atomic E-state index is 6.05. The Morgan fingerprint density at radius 1 is 1.54 bits per heavy atom. The molecule has 1 unspecified atom stereocenters. The van der Waals surface area contributed by atoms with Gasteiger partial charge in [0, 0.05) is 16.6 Å². The number of benzene rings is 1. The maximum atomic E-state index is 6.05. The number of methoxy groups -OCH3 is 1. The molecule has 1 nitrogen and oxygen atoms in total. The van der Waals surface area contributed by atoms with E-state index < -0.39 is 0 Å². The smallest absolute Gasteiger partial charge is 0.0584 e. The summed E-state index contributed by atoms with van der Waals surface area (Å²) in [5.41, 5.74) is 1.12. The SMILES string of the molecule is COC(C)Cc1ccc(Br)cc1Cl. The van der Waals surface area contributed by atoms with Crippen molar-refractivity contribution in [1.82, 2.24) is 0 Å². The van der Waals surface area contributed by atoms with Gasteiger partial charge in [-0.25, -0.2) is 0 Å². The van der Waals surface area contributed by atoms with E-state index in [0.29, 0.717) is 0 Å². The van der Waals surface area contributed by atoms with Crippen LogP contribution >= 0.6 is 27.5 Å². The second-order valence-corrected chi connectivity index (χ2v) is 4.31. The fourth-order valence-electron chi connectivity index (χ4n) is 1.08. The third-order valence-corrected chi connectivity index (χ3v) is 2.77. The lowest BCUT2D eigenvalue weighted by Crippen LogP contribution is -2.08. The van der Waals surface area contributed by atoms with Crippen LogP contribution in [0.5, 0.6) is 0 Å². The molecule has 72 valence electrons. The van der Waals surface area contributed by atoms with E-state index in [2.05, 4.69) is 15.9 Å². The monoisotopic (exact) mass is 262 g/mol. The quantitative estimate of drug-likeness (QED) is 0.808. The molecular weight excluding hydrogens is 251 g/mol. The minimum atomic E-state index is 0.207. The first-order chi connectivity index (χ1) is 6.13. The molecule has 0 spiro atoms. The Balaban J connectivity index is 2.77. The van der Waals surface area contributed by atoms with E-state index in [-0.39, 0.29) is 6.10 Å². The molecule has 0 fully saturated rings. The van der Waals surface area contributed by atoms with Crippen LogP contribution in [0.2, 0.25) is 5.02 Å². The molecule has 0 heterocycles. The maximum Gasteiger partial charge on any atom is 0.0584 e. The topological polar surface area (TPSA) is 9.23 Å². The van der Waals surface area contributed by atoms with Crippen molar-refractivity contribution < 1.29 is 4.74 Å². The molecule has 0 aliphatic heterocycles. The average Bonchev–Trinajstić information content (AvgIpc) is 2.09. The number of hydrogen-bond donors (Lipinski definition) is 0. The highest BCUT2D eigenvalue weighted by Crippen LogP contribution is 2.22. The molecule has 0 saturated carbocycles. The second kappa shape index (κ2) is 4.99. The van der Waals surface area contributed by atoms with E-state index in [4.69, 9.17) is 16.3 Å². The van der Waals surface area contributed by atoms with Crippen molar-refractivity contribution in [2.75, 3.05) is 7.11 Å². The van der Waals surface area contributed by atoms with Crippen molar-refractivity contribution in [2.45, 2.75) is 19.4 Å². The van der Waals surface area contributed by atoms with Gasteiger partial charge in [-0.1, -0.05) is 33.6 Å². The molecule has 1 aromatic rings. The minimum absolute atomic E-state index is 0.207. The van der Waals surface area contributed by atoms with Gasteiger partial charge in [-0.3, -0.25) is 0 Å². The zero-order valence-electron chi connectivity index (χ0n) is 7.68. The lowest BCUT2D eigenvalue weighted by atomic mass is 10.1. The van der Waals surface area contributed by atoms with Crippen molar-refractivity contribution in [3.8, 4) is 0 Å². The molecule has 3 heteroatoms. The average molecular weight is 264 g/mol. The van der Waals surface area contributed by atoms with Crippen molar-refractivity contribution in [2.24, 2.45) is 0 Å². The van der Waals surface area contributed by atoms with Gasteiger partial charge in [-0.05, 0) is 31.0 Å². The molecule has 0 N–H and O–H groups in total. The van der Waals surface area contributed by atoms with Gasteiger partial charge in [0.05, 0.1) is 6.10 Å². The van der Waals surface area contributed by atoms with Crippen molar-refractivity contribution in [1.29, 1.82) is 0 Å². The number of hydrogen-bond acceptors (Lipinski definition) is 1. The van der Waals surface area contributed by atoms with Crippen LogP contribution in [-0.2, 0) is 11.2 Å². The van der Waals surface area contributed by atoms with Gasteiger partial charge in [0.2, 0.25) is 0 Å². The van der Waals surface area contributed by atoms with Gasteiger partial charge in [-0.2, -0.15) is 0 Å². The summed E-state index contributed by atoms with van der Waals surface area (Å²) >= 11 is 9.41. The molecule has 1 aromatic carbocycles. The first-order valence-corrected chi connectivity index (χ1v) is 5.27. The fourth-order valence-corrected chi connectivity index (χ4v) is 1.83. The third-order valence-electron chi connectivity index (χ3n) is 1.92. The Bertz CT molecular complexity index is 288. The van der Waals surface area contributed by atoms with E-state index >= 15 is 0 Å². The summed E-state index contributed by atoms with van der Waals surface area (Å²) in [7, 11) is 1.71. The normalized spacial score (nSPS) is 12.9. The van der Waals surface area contributed by atoms with Crippen LogP contribution in [0.3, 0.4) is 0 Å². The molecule has 0 saturated heterocycles. The largest absolute Gasteiger partial charge is 0.381 e. The Labute approximate surface area is 92.2 Å². The van der Waals surface area contributed by atoms with Crippen molar-refractivity contribution in [3.05, 3.63) is 33.3 Å². The summed E-state index contributed by atoms with van der Waals surface area (Å²) < 4.78 is 6.17. The van der Waals surface area contributed by atoms with E-state index in [1.807, 2.05) is 25.1 Å². The Hall–Kier alpha value is -0.0500. The zero-order valence-corrected chi connectivity index (χ0v) is 10.0. The summed E-state index contributed by atoms with van der Waals surface area (Å²) in [5.74, 6) is 0. The van der Waals surface area contributed by atoms with Gasteiger partial charge in [0.25, 0.3) is 0 Å². The zero-order chi connectivity index (χ0) is 9.84. The lowest BCUT2D eigenvalue weighted by molar-refractivity contribution is 0.119. The predicted octanol–water partition coefficient (Wildman–Crippen LogP) is 3.68. The molecule has 0 aliphatic rings. The molecule has 0 aromatic heterocycles. The molecule has 0 bridgehead atoms. The number of ether oxygens (including phenoxy) is 1. The van der Waals surface area contributed by atoms with Gasteiger partial charge in [-0.15, -0.1) is 0 Å². The molecule has 1 rings (SSSR count). The Kier molecular flexibility index (Phi) is 4.23. The number of rotatable bonds is 3. The lowest BCUT2D eigenvalue weighted by Gasteiger charge is -2.10. The molecule has 1 atom stereocenters. The summed E-state index contributed by atoms with van der Waals surface area (Å²) in [5, 5.41) is 0.790. The minimum Gasteiger partial charge on any atom is -0.381 e.